The molecule has 0 saturated carbocycles. The number of aliphatic hydroxyl groups excluding tert-OH is 2. The quantitative estimate of drug-likeness (QED) is 0.162. The molecule has 27 heavy (non-hydrogen) atoms. The van der Waals surface area contributed by atoms with E-state index in [1.165, 1.54) is 13.6 Å². The summed E-state index contributed by atoms with van der Waals surface area (Å²) in [6.45, 7) is 2.41. The maximum absolute atomic E-state index is 11.7. The molecule has 15 nitrogen and oxygen atoms in total. The normalized spacial score (nSPS) is 34.6. The van der Waals surface area contributed by atoms with Crippen LogP contribution in [-0.4, -0.2) is 80.4 Å². The predicted molar refractivity (Wildman–Crippen MR) is 85.6 cm³/mol. The van der Waals surface area contributed by atoms with Gasteiger partial charge in [0.1, 0.15) is 0 Å². The third-order valence-corrected chi connectivity index (χ3v) is 8.90. The van der Waals surface area contributed by atoms with Crippen molar-refractivity contribution in [3.63, 3.8) is 0 Å². The van der Waals surface area contributed by atoms with Crippen LogP contribution in [0.5, 0.6) is 0 Å². The van der Waals surface area contributed by atoms with Crippen LogP contribution < -0.4 is 0 Å². The summed E-state index contributed by atoms with van der Waals surface area (Å²) >= 11 is 0. The monoisotopic (exact) mass is 472 g/mol. The summed E-state index contributed by atoms with van der Waals surface area (Å²) in [5.74, 6) is 0. The first-order valence-electron chi connectivity index (χ1n) is 6.77. The van der Waals surface area contributed by atoms with Crippen LogP contribution in [0.4, 0.5) is 0 Å². The average Bonchev–Trinajstić information content (AvgIpc) is 3.12. The van der Waals surface area contributed by atoms with Gasteiger partial charge in [0.05, 0.1) is 0 Å². The Hall–Kier alpha value is 0.610. The molecule has 7 atom stereocenters. The van der Waals surface area contributed by atoms with Crippen molar-refractivity contribution in [3.8, 4) is 0 Å². The van der Waals surface area contributed by atoms with Crippen LogP contribution in [0, 0.1) is 0 Å². The Kier molecular flexibility index (Phi) is 6.81. The van der Waals surface area contributed by atoms with Crippen LogP contribution in [0.3, 0.4) is 0 Å². The summed E-state index contributed by atoms with van der Waals surface area (Å²) < 4.78 is 66.0. The standard InChI is InChI=1S/C6H14B2O15P4/c1-24(11,12)21-26(15,16)23-27(17,18)22-25(13,14)19-2-3-4(9)5(10)6(20-3)7-8-6/h3-5,9-10H,2H2,1H3,(H,11,12)(H,13,14)(H,15,16)(H,17,18). The van der Waals surface area contributed by atoms with Crippen LogP contribution in [0.15, 0.2) is 0 Å². The van der Waals surface area contributed by atoms with Crippen LogP contribution in [0.1, 0.15) is 0 Å². The van der Waals surface area contributed by atoms with Gasteiger partial charge in [-0.15, -0.1) is 0 Å². The molecule has 0 aromatic heterocycles. The maximum atomic E-state index is 11.7. The molecule has 2 aliphatic heterocycles. The van der Waals surface area contributed by atoms with E-state index in [-0.39, 0.29) is 0 Å². The Morgan fingerprint density at radius 1 is 0.926 bits per heavy atom. The van der Waals surface area contributed by atoms with Gasteiger partial charge in [-0.1, -0.05) is 0 Å². The Morgan fingerprint density at radius 2 is 1.41 bits per heavy atom. The van der Waals surface area contributed by atoms with Gasteiger partial charge in [0, 0.05) is 6.66 Å². The molecule has 1 spiro atoms. The van der Waals surface area contributed by atoms with E-state index in [1.807, 2.05) is 0 Å². The van der Waals surface area contributed by atoms with E-state index in [1.54, 1.807) is 0 Å². The summed E-state index contributed by atoms with van der Waals surface area (Å²) in [6, 6.07) is 0. The van der Waals surface area contributed by atoms with E-state index >= 15 is 0 Å². The molecule has 0 aromatic carbocycles. The molecule has 1 saturated heterocycles. The summed E-state index contributed by atoms with van der Waals surface area (Å²) in [5.41, 5.74) is 0. The number of phosphoric ester groups is 1. The fourth-order valence-corrected chi connectivity index (χ4v) is 6.95. The fourth-order valence-electron chi connectivity index (χ4n) is 2.04. The molecule has 1 fully saturated rings. The second kappa shape index (κ2) is 7.70. The summed E-state index contributed by atoms with van der Waals surface area (Å²) in [4.78, 5) is 36.5. The molecule has 0 radical (unpaired) electrons. The first-order valence-corrected chi connectivity index (χ1v) is 13.3. The van der Waals surface area contributed by atoms with Crippen molar-refractivity contribution in [1.82, 2.24) is 0 Å². The summed E-state index contributed by atoms with van der Waals surface area (Å²) in [5, 5.41) is 18.2. The second-order valence-corrected chi connectivity index (χ2v) is 12.2. The number of hydrogen-bond acceptors (Lipinski definition) is 11. The van der Waals surface area contributed by atoms with Crippen molar-refractivity contribution in [2.45, 2.75) is 23.7 Å². The number of ether oxygens (including phenoxy) is 1. The molecule has 0 bridgehead atoms. The van der Waals surface area contributed by atoms with Gasteiger partial charge in [-0.25, -0.2) is 0 Å². The van der Waals surface area contributed by atoms with Gasteiger partial charge < -0.3 is 4.89 Å². The topological polar surface area (TPSA) is 236 Å². The molecule has 0 amide bonds. The van der Waals surface area contributed by atoms with Crippen LogP contribution in [0.25, 0.3) is 0 Å². The molecule has 0 aliphatic carbocycles. The van der Waals surface area contributed by atoms with E-state index in [2.05, 4.69) is 17.5 Å². The van der Waals surface area contributed by atoms with Crippen molar-refractivity contribution in [1.29, 1.82) is 0 Å². The van der Waals surface area contributed by atoms with Gasteiger partial charge in [-0.3, -0.25) is 4.57 Å². The number of hydrogen-bond donors (Lipinski definition) is 6. The molecular formula is C6H14B2O15P4. The number of aliphatic hydroxyl groups is 2. The predicted octanol–water partition coefficient (Wildman–Crippen LogP) is -1.72. The molecule has 6 N–H and O–H groups in total. The minimum absolute atomic E-state index is 0.464. The van der Waals surface area contributed by atoms with Gasteiger partial charge >= 0.3 is 136 Å². The van der Waals surface area contributed by atoms with E-state index in [4.69, 9.17) is 14.5 Å². The van der Waals surface area contributed by atoms with Gasteiger partial charge in [-0.05, 0) is 0 Å². The first-order chi connectivity index (χ1) is 12.0. The zero-order valence-corrected chi connectivity index (χ0v) is 16.8. The van der Waals surface area contributed by atoms with Crippen molar-refractivity contribution < 1.29 is 70.2 Å². The van der Waals surface area contributed by atoms with E-state index in [0.717, 1.165) is 0 Å². The molecule has 154 valence electrons. The number of rotatable bonds is 9. The molecular weight excluding hydrogens is 458 g/mol. The molecule has 21 heteroatoms. The van der Waals surface area contributed by atoms with Gasteiger partial charge in [-0.2, -0.15) is 0 Å². The zero-order valence-electron chi connectivity index (χ0n) is 13.2. The SMILES string of the molecule is CP(=O)(O)OP(=O)(O)OP(=O)(O)OP(=O)(O)OCC1OC2(B=B2)C(O)C1O. The summed E-state index contributed by atoms with van der Waals surface area (Å²) in [7, 11) is -21.5. The Bertz CT molecular complexity index is 800. The number of phosphoric acid groups is 3. The van der Waals surface area contributed by atoms with Crippen molar-refractivity contribution in [3.05, 3.63) is 0 Å². The zero-order chi connectivity index (χ0) is 20.9. The third kappa shape index (κ3) is 6.82. The van der Waals surface area contributed by atoms with Crippen molar-refractivity contribution in [2.75, 3.05) is 13.3 Å². The molecule has 0 aromatic rings. The fraction of sp³-hybridized carbons (Fsp3) is 1.00. The Morgan fingerprint density at radius 3 is 1.85 bits per heavy atom. The third-order valence-electron chi connectivity index (χ3n) is 3.09. The first kappa shape index (κ1) is 23.9. The van der Waals surface area contributed by atoms with Crippen LogP contribution in [0.2, 0.25) is 0 Å². The second-order valence-electron chi connectivity index (χ2n) is 5.53. The van der Waals surface area contributed by atoms with Gasteiger partial charge in [0.25, 0.3) is 0 Å². The Labute approximate surface area is 152 Å². The summed E-state index contributed by atoms with van der Waals surface area (Å²) in [6.07, 6.45) is -4.20. The van der Waals surface area contributed by atoms with Crippen LogP contribution in [-0.2, 0) is 40.5 Å². The average molecular weight is 472 g/mol. The molecule has 7 unspecified atom stereocenters. The van der Waals surface area contributed by atoms with Gasteiger partial charge in [0.2, 0.25) is 0 Å². The minimum atomic E-state index is -5.80. The van der Waals surface area contributed by atoms with E-state index < -0.39 is 61.4 Å². The van der Waals surface area contributed by atoms with Crippen molar-refractivity contribution >= 4 is 44.7 Å². The van der Waals surface area contributed by atoms with E-state index in [0.29, 0.717) is 6.66 Å². The van der Waals surface area contributed by atoms with Crippen LogP contribution >= 0.6 is 31.1 Å². The van der Waals surface area contributed by atoms with Gasteiger partial charge in [0.15, 0.2) is 0 Å². The molecule has 2 aliphatic rings. The van der Waals surface area contributed by atoms with Crippen molar-refractivity contribution in [2.24, 2.45) is 0 Å². The Balaban J connectivity index is 1.92. The molecule has 2 rings (SSSR count). The molecule has 2 heterocycles. The van der Waals surface area contributed by atoms with E-state index in [9.17, 15) is 38.3 Å².